The molecule has 0 aliphatic heterocycles. The van der Waals surface area contributed by atoms with Gasteiger partial charge in [-0.25, -0.2) is 0 Å². The predicted octanol–water partition coefficient (Wildman–Crippen LogP) is 13.2. The molecule has 0 saturated carbocycles. The number of fused-ring (bicyclic) bond motifs is 8. The van der Waals surface area contributed by atoms with Gasteiger partial charge in [-0.05, 0) is 71.4 Å². The minimum Gasteiger partial charge on any atom is -0.455 e. The molecule has 0 fully saturated rings. The number of benzene rings is 9. The third-order valence-corrected chi connectivity index (χ3v) is 9.86. The van der Waals surface area contributed by atoms with Crippen molar-refractivity contribution in [2.45, 2.75) is 0 Å². The standard InChI is InChI=1S/C46H28O/c1-3-14-33-29(11-1)13-9-20-34(33)31-23-25-32(26-24-31)43-36-16-5-7-18-38(36)44(39-19-8-6-17-37(39)43)40-21-10-22-41-45-35-15-4-2-12-30(35)27-28-42(45)47-46(40)41/h1-28H. The van der Waals surface area contributed by atoms with Crippen molar-refractivity contribution in [3.8, 4) is 33.4 Å². The van der Waals surface area contributed by atoms with Crippen LogP contribution in [0.5, 0.6) is 0 Å². The van der Waals surface area contributed by atoms with Crippen LogP contribution in [-0.4, -0.2) is 0 Å². The van der Waals surface area contributed by atoms with Gasteiger partial charge in [-0.2, -0.15) is 0 Å². The van der Waals surface area contributed by atoms with E-state index in [4.69, 9.17) is 4.42 Å². The summed E-state index contributed by atoms with van der Waals surface area (Å²) in [6, 6.07) is 61.4. The summed E-state index contributed by atoms with van der Waals surface area (Å²) >= 11 is 0. The summed E-state index contributed by atoms with van der Waals surface area (Å²) in [4.78, 5) is 0. The van der Waals surface area contributed by atoms with Crippen LogP contribution >= 0.6 is 0 Å². The minimum atomic E-state index is 0.919. The molecule has 0 amide bonds. The largest absolute Gasteiger partial charge is 0.455 e. The molecule has 0 saturated heterocycles. The number of hydrogen-bond acceptors (Lipinski definition) is 1. The van der Waals surface area contributed by atoms with Gasteiger partial charge in [0.2, 0.25) is 0 Å². The lowest BCUT2D eigenvalue weighted by molar-refractivity contribution is 0.670. The fourth-order valence-corrected chi connectivity index (χ4v) is 7.79. The normalized spacial score (nSPS) is 11.8. The topological polar surface area (TPSA) is 13.1 Å². The van der Waals surface area contributed by atoms with E-state index in [2.05, 4.69) is 170 Å². The number of hydrogen-bond donors (Lipinski definition) is 0. The van der Waals surface area contributed by atoms with Crippen molar-refractivity contribution in [1.29, 1.82) is 0 Å². The molecular weight excluding hydrogens is 569 g/mol. The molecule has 218 valence electrons. The summed E-state index contributed by atoms with van der Waals surface area (Å²) in [7, 11) is 0. The Morgan fingerprint density at radius 1 is 0.298 bits per heavy atom. The summed E-state index contributed by atoms with van der Waals surface area (Å²) in [5, 5.41) is 12.2. The Balaban J connectivity index is 1.23. The number of furan rings is 1. The van der Waals surface area contributed by atoms with Crippen LogP contribution < -0.4 is 0 Å². The molecule has 1 heterocycles. The van der Waals surface area contributed by atoms with E-state index in [-0.39, 0.29) is 0 Å². The smallest absolute Gasteiger partial charge is 0.143 e. The summed E-state index contributed by atoms with van der Waals surface area (Å²) in [5.74, 6) is 0. The first-order valence-electron chi connectivity index (χ1n) is 16.2. The molecule has 1 heteroatoms. The molecule has 9 aromatic carbocycles. The van der Waals surface area contributed by atoms with Gasteiger partial charge >= 0.3 is 0 Å². The quantitative estimate of drug-likeness (QED) is 0.185. The van der Waals surface area contributed by atoms with Crippen LogP contribution in [-0.2, 0) is 0 Å². The molecule has 0 aliphatic rings. The lowest BCUT2D eigenvalue weighted by Crippen LogP contribution is -1.91. The van der Waals surface area contributed by atoms with Gasteiger partial charge in [0.25, 0.3) is 0 Å². The molecule has 0 radical (unpaired) electrons. The summed E-state index contributed by atoms with van der Waals surface area (Å²) in [6.07, 6.45) is 0. The highest BCUT2D eigenvalue weighted by atomic mass is 16.3. The first-order valence-corrected chi connectivity index (χ1v) is 16.2. The van der Waals surface area contributed by atoms with Gasteiger partial charge in [-0.15, -0.1) is 0 Å². The molecular formula is C46H28O. The predicted molar refractivity (Wildman–Crippen MR) is 200 cm³/mol. The highest BCUT2D eigenvalue weighted by Crippen LogP contribution is 2.47. The van der Waals surface area contributed by atoms with Crippen LogP contribution in [0.2, 0.25) is 0 Å². The SMILES string of the molecule is c1ccc2c(-c3ccc(-c4c5ccccc5c(-c5cccc6c5oc5ccc7ccccc7c56)c5ccccc45)cc3)cccc2c1. The Morgan fingerprint density at radius 3 is 1.49 bits per heavy atom. The van der Waals surface area contributed by atoms with Crippen LogP contribution in [0.3, 0.4) is 0 Å². The maximum absolute atomic E-state index is 6.74. The molecule has 0 atom stereocenters. The summed E-state index contributed by atoms with van der Waals surface area (Å²) < 4.78 is 6.74. The Kier molecular flexibility index (Phi) is 5.64. The molecule has 1 nitrogen and oxygen atoms in total. The molecule has 0 aliphatic carbocycles. The fourth-order valence-electron chi connectivity index (χ4n) is 7.79. The van der Waals surface area contributed by atoms with Crippen LogP contribution in [0.4, 0.5) is 0 Å². The van der Waals surface area contributed by atoms with Crippen LogP contribution in [0.25, 0.3) is 98.4 Å². The van der Waals surface area contributed by atoms with Crippen LogP contribution in [0.1, 0.15) is 0 Å². The molecule has 10 aromatic rings. The van der Waals surface area contributed by atoms with Crippen LogP contribution in [0.15, 0.2) is 174 Å². The number of rotatable bonds is 3. The van der Waals surface area contributed by atoms with Crippen molar-refractivity contribution < 1.29 is 4.42 Å². The van der Waals surface area contributed by atoms with Crippen molar-refractivity contribution in [1.82, 2.24) is 0 Å². The van der Waals surface area contributed by atoms with Crippen molar-refractivity contribution in [3.63, 3.8) is 0 Å². The summed E-state index contributed by atoms with van der Waals surface area (Å²) in [5.41, 5.74) is 9.12. The highest BCUT2D eigenvalue weighted by molar-refractivity contribution is 6.26. The third kappa shape index (κ3) is 3.90. The fraction of sp³-hybridized carbons (Fsp3) is 0. The van der Waals surface area contributed by atoms with Crippen molar-refractivity contribution >= 4 is 65.0 Å². The first-order chi connectivity index (χ1) is 23.3. The second-order valence-electron chi connectivity index (χ2n) is 12.4. The zero-order valence-corrected chi connectivity index (χ0v) is 25.6. The van der Waals surface area contributed by atoms with E-state index in [0.717, 1.165) is 22.1 Å². The van der Waals surface area contributed by atoms with E-state index in [1.807, 2.05) is 0 Å². The molecule has 0 unspecified atom stereocenters. The monoisotopic (exact) mass is 596 g/mol. The average Bonchev–Trinajstić information content (AvgIpc) is 3.54. The van der Waals surface area contributed by atoms with E-state index >= 15 is 0 Å². The lowest BCUT2D eigenvalue weighted by Gasteiger charge is -2.18. The highest BCUT2D eigenvalue weighted by Gasteiger charge is 2.21. The zero-order chi connectivity index (χ0) is 30.9. The molecule has 10 rings (SSSR count). The molecule has 1 aromatic heterocycles. The van der Waals surface area contributed by atoms with Crippen LogP contribution in [0, 0.1) is 0 Å². The Morgan fingerprint density at radius 2 is 0.787 bits per heavy atom. The molecule has 47 heavy (non-hydrogen) atoms. The third-order valence-electron chi connectivity index (χ3n) is 9.86. The van der Waals surface area contributed by atoms with Gasteiger partial charge in [0.15, 0.2) is 0 Å². The van der Waals surface area contributed by atoms with Gasteiger partial charge in [-0.1, -0.05) is 164 Å². The lowest BCUT2D eigenvalue weighted by atomic mass is 9.85. The van der Waals surface area contributed by atoms with Gasteiger partial charge in [0.05, 0.1) is 0 Å². The second-order valence-corrected chi connectivity index (χ2v) is 12.4. The molecule has 0 bridgehead atoms. The number of para-hydroxylation sites is 1. The maximum atomic E-state index is 6.74. The van der Waals surface area contributed by atoms with E-state index in [1.54, 1.807) is 0 Å². The van der Waals surface area contributed by atoms with E-state index < -0.39 is 0 Å². The van der Waals surface area contributed by atoms with Gasteiger partial charge in [-0.3, -0.25) is 0 Å². The van der Waals surface area contributed by atoms with E-state index in [0.29, 0.717) is 0 Å². The van der Waals surface area contributed by atoms with Crippen molar-refractivity contribution in [2.75, 3.05) is 0 Å². The molecule has 0 spiro atoms. The zero-order valence-electron chi connectivity index (χ0n) is 25.6. The van der Waals surface area contributed by atoms with E-state index in [1.165, 1.54) is 76.3 Å². The molecule has 0 N–H and O–H groups in total. The maximum Gasteiger partial charge on any atom is 0.143 e. The van der Waals surface area contributed by atoms with Crippen molar-refractivity contribution in [3.05, 3.63) is 170 Å². The Hall–Kier alpha value is -6.18. The van der Waals surface area contributed by atoms with Gasteiger partial charge < -0.3 is 4.42 Å². The summed E-state index contributed by atoms with van der Waals surface area (Å²) in [6.45, 7) is 0. The van der Waals surface area contributed by atoms with E-state index in [9.17, 15) is 0 Å². The van der Waals surface area contributed by atoms with Gasteiger partial charge in [0.1, 0.15) is 11.2 Å². The first kappa shape index (κ1) is 26.1. The minimum absolute atomic E-state index is 0.919. The Labute approximate surface area is 271 Å². The Bertz CT molecular complexity index is 2770. The van der Waals surface area contributed by atoms with Crippen molar-refractivity contribution in [2.24, 2.45) is 0 Å². The van der Waals surface area contributed by atoms with Gasteiger partial charge in [0, 0.05) is 21.9 Å². The second kappa shape index (κ2) is 10.2. The average molecular weight is 597 g/mol.